The third-order valence-corrected chi connectivity index (χ3v) is 4.06. The molecule has 0 fully saturated rings. The van der Waals surface area contributed by atoms with Crippen LogP contribution in [0.25, 0.3) is 0 Å². The van der Waals surface area contributed by atoms with E-state index in [9.17, 15) is 13.0 Å². The van der Waals surface area contributed by atoms with Gasteiger partial charge in [0, 0.05) is 10.5 Å². The number of benzene rings is 2. The van der Waals surface area contributed by atoms with E-state index >= 15 is 0 Å². The second kappa shape index (κ2) is 5.80. The van der Waals surface area contributed by atoms with Gasteiger partial charge in [-0.1, -0.05) is 6.07 Å². The third-order valence-electron chi connectivity index (χ3n) is 2.70. The number of hydrogen-bond acceptors (Lipinski definition) is 3. The van der Waals surface area contributed by atoms with Gasteiger partial charge in [-0.15, -0.1) is 0 Å². The fourth-order valence-electron chi connectivity index (χ4n) is 1.61. The van der Waals surface area contributed by atoms with Crippen LogP contribution in [0.4, 0.5) is 14.5 Å². The van der Waals surface area contributed by atoms with Gasteiger partial charge in [0.25, 0.3) is 0 Å². The summed E-state index contributed by atoms with van der Waals surface area (Å²) in [6.07, 6.45) is 0. The van der Waals surface area contributed by atoms with Crippen LogP contribution in [0.1, 0.15) is 11.1 Å². The summed E-state index contributed by atoms with van der Waals surface area (Å²) in [6, 6.07) is 9.57. The second-order valence-electron chi connectivity index (χ2n) is 4.09. The number of hydrogen-bond donors (Lipinski definition) is 1. The predicted molar refractivity (Wildman–Crippen MR) is 72.0 cm³/mol. The van der Waals surface area contributed by atoms with E-state index in [1.807, 2.05) is 6.07 Å². The minimum atomic E-state index is -1.59. The lowest BCUT2D eigenvalue weighted by Gasteiger charge is -2.05. The average molecular weight is 292 g/mol. The van der Waals surface area contributed by atoms with Crippen molar-refractivity contribution in [1.29, 1.82) is 5.26 Å². The zero-order chi connectivity index (χ0) is 14.7. The van der Waals surface area contributed by atoms with Gasteiger partial charge in [0.2, 0.25) is 0 Å². The van der Waals surface area contributed by atoms with Crippen molar-refractivity contribution in [1.82, 2.24) is 0 Å². The molecule has 0 bridgehead atoms. The molecule has 2 aromatic rings. The van der Waals surface area contributed by atoms with E-state index in [1.54, 1.807) is 0 Å². The van der Waals surface area contributed by atoms with Crippen molar-refractivity contribution >= 4 is 16.5 Å². The molecule has 20 heavy (non-hydrogen) atoms. The first-order valence-electron chi connectivity index (χ1n) is 5.63. The van der Waals surface area contributed by atoms with Crippen molar-refractivity contribution in [3.05, 3.63) is 59.2 Å². The molecule has 2 aromatic carbocycles. The molecule has 0 amide bonds. The summed E-state index contributed by atoms with van der Waals surface area (Å²) in [7, 11) is -1.59. The molecule has 1 unspecified atom stereocenters. The zero-order valence-corrected chi connectivity index (χ0v) is 11.1. The standard InChI is InChI=1S/C14H10F2N2OS/c15-12-5-9(7-17)1-2-10(12)8-20(19)11-3-4-14(18)13(16)6-11/h1-6H,8,18H2. The van der Waals surface area contributed by atoms with Crippen molar-refractivity contribution in [2.75, 3.05) is 5.73 Å². The molecule has 0 aliphatic carbocycles. The molecular weight excluding hydrogens is 282 g/mol. The normalized spacial score (nSPS) is 11.8. The summed E-state index contributed by atoms with van der Waals surface area (Å²) < 4.78 is 39.0. The van der Waals surface area contributed by atoms with Gasteiger partial charge in [-0.3, -0.25) is 4.21 Å². The predicted octanol–water partition coefficient (Wildman–Crippen LogP) is 2.73. The van der Waals surface area contributed by atoms with Crippen LogP contribution in [-0.4, -0.2) is 4.21 Å². The Morgan fingerprint density at radius 3 is 2.50 bits per heavy atom. The van der Waals surface area contributed by atoms with E-state index in [1.165, 1.54) is 24.3 Å². The van der Waals surface area contributed by atoms with Gasteiger partial charge in [-0.05, 0) is 30.3 Å². The average Bonchev–Trinajstić information content (AvgIpc) is 2.43. The molecule has 2 N–H and O–H groups in total. The molecule has 0 aliphatic rings. The zero-order valence-electron chi connectivity index (χ0n) is 10.3. The van der Waals surface area contributed by atoms with Gasteiger partial charge >= 0.3 is 0 Å². The Balaban J connectivity index is 2.23. The third kappa shape index (κ3) is 3.00. The molecule has 0 spiro atoms. The van der Waals surface area contributed by atoms with Crippen molar-refractivity contribution in [3.63, 3.8) is 0 Å². The molecule has 0 radical (unpaired) electrons. The number of nitrogens with two attached hydrogens (primary N) is 1. The first-order valence-corrected chi connectivity index (χ1v) is 6.95. The van der Waals surface area contributed by atoms with Gasteiger partial charge in [-0.25, -0.2) is 8.78 Å². The van der Waals surface area contributed by atoms with Crippen LogP contribution in [0.15, 0.2) is 41.3 Å². The number of rotatable bonds is 3. The number of nitrogen functional groups attached to an aromatic ring is 1. The summed E-state index contributed by atoms with van der Waals surface area (Å²) in [5.74, 6) is -1.36. The Hall–Kier alpha value is -2.26. The second-order valence-corrected chi connectivity index (χ2v) is 5.54. The number of halogens is 2. The van der Waals surface area contributed by atoms with Gasteiger partial charge in [0.05, 0.1) is 33.9 Å². The maximum absolute atomic E-state index is 13.7. The highest BCUT2D eigenvalue weighted by Gasteiger charge is 2.11. The maximum Gasteiger partial charge on any atom is 0.147 e. The van der Waals surface area contributed by atoms with Crippen molar-refractivity contribution in [2.45, 2.75) is 10.6 Å². The Morgan fingerprint density at radius 1 is 1.15 bits per heavy atom. The highest BCUT2D eigenvalue weighted by Crippen LogP contribution is 2.19. The Kier molecular flexibility index (Phi) is 4.11. The fraction of sp³-hybridized carbons (Fsp3) is 0.0714. The fourth-order valence-corrected chi connectivity index (χ4v) is 2.75. The smallest absolute Gasteiger partial charge is 0.147 e. The van der Waals surface area contributed by atoms with Crippen molar-refractivity contribution < 1.29 is 13.0 Å². The molecule has 0 aliphatic heterocycles. The minimum absolute atomic E-state index is 0.0321. The Bertz CT molecular complexity index is 726. The van der Waals surface area contributed by atoms with Crippen molar-refractivity contribution in [3.8, 4) is 6.07 Å². The molecule has 6 heteroatoms. The van der Waals surface area contributed by atoms with Crippen LogP contribution in [0.3, 0.4) is 0 Å². The van der Waals surface area contributed by atoms with E-state index in [0.29, 0.717) is 0 Å². The van der Waals surface area contributed by atoms with E-state index in [0.717, 1.165) is 12.1 Å². The van der Waals surface area contributed by atoms with E-state index in [2.05, 4.69) is 0 Å². The number of anilines is 1. The lowest BCUT2D eigenvalue weighted by molar-refractivity contribution is 0.614. The van der Waals surface area contributed by atoms with E-state index in [-0.39, 0.29) is 27.5 Å². The summed E-state index contributed by atoms with van der Waals surface area (Å²) in [5.41, 5.74) is 5.70. The molecule has 3 nitrogen and oxygen atoms in total. The van der Waals surface area contributed by atoms with Crippen molar-refractivity contribution in [2.24, 2.45) is 0 Å². The summed E-state index contributed by atoms with van der Waals surface area (Å²) >= 11 is 0. The molecule has 1 atom stereocenters. The van der Waals surface area contributed by atoms with Gasteiger partial charge in [-0.2, -0.15) is 5.26 Å². The lowest BCUT2D eigenvalue weighted by atomic mass is 10.1. The largest absolute Gasteiger partial charge is 0.396 e. The van der Waals surface area contributed by atoms with E-state index in [4.69, 9.17) is 11.0 Å². The molecule has 0 heterocycles. The number of nitriles is 1. The number of nitrogens with zero attached hydrogens (tertiary/aromatic N) is 1. The summed E-state index contributed by atoms with van der Waals surface area (Å²) in [4.78, 5) is 0.237. The van der Waals surface area contributed by atoms with Crippen LogP contribution in [0.2, 0.25) is 0 Å². The quantitative estimate of drug-likeness (QED) is 0.884. The molecule has 2 rings (SSSR count). The lowest BCUT2D eigenvalue weighted by Crippen LogP contribution is -2.01. The van der Waals surface area contributed by atoms with Crippen LogP contribution in [-0.2, 0) is 16.6 Å². The SMILES string of the molecule is N#Cc1ccc(CS(=O)c2ccc(N)c(F)c2)c(F)c1. The summed E-state index contributed by atoms with van der Waals surface area (Å²) in [6.45, 7) is 0. The van der Waals surface area contributed by atoms with Crippen LogP contribution in [0.5, 0.6) is 0 Å². The molecular formula is C14H10F2N2OS. The molecule has 0 saturated heterocycles. The Labute approximate surface area is 117 Å². The van der Waals surface area contributed by atoms with Crippen LogP contribution in [0, 0.1) is 23.0 Å². The summed E-state index contributed by atoms with van der Waals surface area (Å²) in [5, 5.41) is 8.64. The van der Waals surface area contributed by atoms with Gasteiger partial charge < -0.3 is 5.73 Å². The van der Waals surface area contributed by atoms with Crippen LogP contribution < -0.4 is 5.73 Å². The van der Waals surface area contributed by atoms with E-state index < -0.39 is 22.4 Å². The highest BCUT2D eigenvalue weighted by molar-refractivity contribution is 7.84. The topological polar surface area (TPSA) is 66.9 Å². The maximum atomic E-state index is 13.7. The molecule has 102 valence electrons. The first kappa shape index (κ1) is 14.2. The molecule has 0 aromatic heterocycles. The first-order chi connectivity index (χ1) is 9.51. The highest BCUT2D eigenvalue weighted by atomic mass is 32.2. The van der Waals surface area contributed by atoms with Crippen LogP contribution >= 0.6 is 0 Å². The van der Waals surface area contributed by atoms with Gasteiger partial charge in [0.1, 0.15) is 11.6 Å². The van der Waals surface area contributed by atoms with Gasteiger partial charge in [0.15, 0.2) is 0 Å². The minimum Gasteiger partial charge on any atom is -0.396 e. The Morgan fingerprint density at radius 2 is 1.90 bits per heavy atom. The molecule has 0 saturated carbocycles. The monoisotopic (exact) mass is 292 g/mol.